The van der Waals surface area contributed by atoms with Gasteiger partial charge in [0, 0.05) is 6.04 Å². The number of carbonyl (C=O) groups is 1. The van der Waals surface area contributed by atoms with E-state index in [4.69, 9.17) is 0 Å². The molecule has 0 aliphatic carbocycles. The Labute approximate surface area is 113 Å². The van der Waals surface area contributed by atoms with Crippen molar-refractivity contribution in [2.24, 2.45) is 0 Å². The van der Waals surface area contributed by atoms with Crippen LogP contribution in [-0.2, 0) is 6.18 Å². The lowest BCUT2D eigenvalue weighted by Crippen LogP contribution is -2.43. The molecule has 7 heteroatoms. The monoisotopic (exact) mass is 290 g/mol. The van der Waals surface area contributed by atoms with Crippen LogP contribution in [-0.4, -0.2) is 25.0 Å². The normalized spacial score (nSPS) is 17.0. The molecule has 1 aromatic rings. The molecule has 1 aliphatic heterocycles. The lowest BCUT2D eigenvalue weighted by Gasteiger charge is -2.23. The maximum absolute atomic E-state index is 13.5. The van der Waals surface area contributed by atoms with E-state index in [9.17, 15) is 22.4 Å². The number of hydrogen-bond acceptors (Lipinski definition) is 2. The summed E-state index contributed by atoms with van der Waals surface area (Å²) >= 11 is 0. The fourth-order valence-corrected chi connectivity index (χ4v) is 2.11. The van der Waals surface area contributed by atoms with Crippen LogP contribution in [0.4, 0.5) is 17.6 Å². The lowest BCUT2D eigenvalue weighted by atomic mass is 10.0. The third-order valence-corrected chi connectivity index (χ3v) is 3.21. The number of alkyl halides is 3. The van der Waals surface area contributed by atoms with E-state index >= 15 is 0 Å². The molecule has 0 atom stereocenters. The molecule has 1 fully saturated rings. The van der Waals surface area contributed by atoms with Crippen molar-refractivity contribution in [2.45, 2.75) is 25.1 Å². The second kappa shape index (κ2) is 5.78. The van der Waals surface area contributed by atoms with Crippen molar-refractivity contribution in [3.63, 3.8) is 0 Å². The first-order valence-electron chi connectivity index (χ1n) is 6.26. The molecule has 1 aromatic carbocycles. The summed E-state index contributed by atoms with van der Waals surface area (Å²) in [6.07, 6.45) is -3.25. The number of halogens is 4. The predicted octanol–water partition coefficient (Wildman–Crippen LogP) is 2.33. The highest BCUT2D eigenvalue weighted by Gasteiger charge is 2.32. The Hall–Kier alpha value is -1.63. The molecule has 0 aromatic heterocycles. The van der Waals surface area contributed by atoms with Crippen LogP contribution < -0.4 is 10.6 Å². The van der Waals surface area contributed by atoms with Crippen LogP contribution in [0.25, 0.3) is 0 Å². The van der Waals surface area contributed by atoms with E-state index < -0.39 is 29.0 Å². The maximum atomic E-state index is 13.5. The third kappa shape index (κ3) is 3.47. The number of carbonyl (C=O) groups excluding carboxylic acids is 1. The van der Waals surface area contributed by atoms with E-state index in [2.05, 4.69) is 10.6 Å². The average Bonchev–Trinajstić information content (AvgIpc) is 2.39. The van der Waals surface area contributed by atoms with Gasteiger partial charge in [-0.25, -0.2) is 4.39 Å². The van der Waals surface area contributed by atoms with Crippen LogP contribution in [0.1, 0.15) is 28.8 Å². The first-order valence-corrected chi connectivity index (χ1v) is 6.26. The topological polar surface area (TPSA) is 41.1 Å². The molecule has 0 unspecified atom stereocenters. The number of piperidine rings is 1. The maximum Gasteiger partial charge on any atom is 0.416 e. The molecule has 110 valence electrons. The molecule has 2 rings (SSSR count). The summed E-state index contributed by atoms with van der Waals surface area (Å²) in [5.41, 5.74) is -1.60. The number of benzene rings is 1. The van der Waals surface area contributed by atoms with Gasteiger partial charge in [0.25, 0.3) is 5.91 Å². The molecular formula is C13H14F4N2O. The largest absolute Gasteiger partial charge is 0.416 e. The molecule has 1 heterocycles. The number of nitrogens with one attached hydrogen (secondary N) is 2. The van der Waals surface area contributed by atoms with Gasteiger partial charge in [0.05, 0.1) is 11.1 Å². The summed E-state index contributed by atoms with van der Waals surface area (Å²) in [5.74, 6) is -1.76. The van der Waals surface area contributed by atoms with Gasteiger partial charge in [-0.15, -0.1) is 0 Å². The van der Waals surface area contributed by atoms with Crippen molar-refractivity contribution in [3.05, 3.63) is 35.1 Å². The zero-order valence-corrected chi connectivity index (χ0v) is 10.6. The molecule has 0 bridgehead atoms. The van der Waals surface area contributed by atoms with Gasteiger partial charge < -0.3 is 10.6 Å². The molecule has 1 amide bonds. The van der Waals surface area contributed by atoms with Crippen LogP contribution in [0.2, 0.25) is 0 Å². The zero-order chi connectivity index (χ0) is 14.8. The lowest BCUT2D eigenvalue weighted by molar-refractivity contribution is -0.137. The molecule has 2 N–H and O–H groups in total. The van der Waals surface area contributed by atoms with E-state index in [1.54, 1.807) is 0 Å². The molecule has 3 nitrogen and oxygen atoms in total. The standard InChI is InChI=1S/C13H14F4N2O/c14-11-2-1-8(13(15,16)17)7-10(11)12(20)19-9-3-5-18-6-4-9/h1-2,7,9,18H,3-6H2,(H,19,20). The van der Waals surface area contributed by atoms with E-state index in [1.165, 1.54) is 0 Å². The Morgan fingerprint density at radius 3 is 2.50 bits per heavy atom. The van der Waals surface area contributed by atoms with Gasteiger partial charge in [0.2, 0.25) is 0 Å². The summed E-state index contributed by atoms with van der Waals surface area (Å²) in [6, 6.07) is 1.69. The Morgan fingerprint density at radius 2 is 1.90 bits per heavy atom. The van der Waals surface area contributed by atoms with E-state index in [1.807, 2.05) is 0 Å². The highest BCUT2D eigenvalue weighted by atomic mass is 19.4. The molecule has 0 spiro atoms. The van der Waals surface area contributed by atoms with Crippen molar-refractivity contribution < 1.29 is 22.4 Å². The van der Waals surface area contributed by atoms with Crippen LogP contribution in [0.3, 0.4) is 0 Å². The second-order valence-electron chi connectivity index (χ2n) is 4.69. The highest BCUT2D eigenvalue weighted by molar-refractivity contribution is 5.94. The van der Waals surface area contributed by atoms with Gasteiger partial charge in [-0.1, -0.05) is 0 Å². The predicted molar refractivity (Wildman–Crippen MR) is 64.8 cm³/mol. The minimum atomic E-state index is -4.60. The SMILES string of the molecule is O=C(NC1CCNCC1)c1cc(C(F)(F)F)ccc1F. The van der Waals surface area contributed by atoms with Crippen molar-refractivity contribution in [2.75, 3.05) is 13.1 Å². The molecule has 20 heavy (non-hydrogen) atoms. The third-order valence-electron chi connectivity index (χ3n) is 3.21. The summed E-state index contributed by atoms with van der Waals surface area (Å²) in [6.45, 7) is 1.44. The van der Waals surface area contributed by atoms with Crippen LogP contribution in [0.15, 0.2) is 18.2 Å². The molecule has 0 saturated carbocycles. The first kappa shape index (κ1) is 14.8. The fourth-order valence-electron chi connectivity index (χ4n) is 2.11. The Kier molecular flexibility index (Phi) is 4.27. The van der Waals surface area contributed by atoms with E-state index in [0.717, 1.165) is 13.1 Å². The smallest absolute Gasteiger partial charge is 0.349 e. The van der Waals surface area contributed by atoms with Gasteiger partial charge >= 0.3 is 6.18 Å². The first-order chi connectivity index (χ1) is 9.38. The van der Waals surface area contributed by atoms with Crippen molar-refractivity contribution >= 4 is 5.91 Å². The van der Waals surface area contributed by atoms with Gasteiger partial charge in [-0.2, -0.15) is 13.2 Å². The second-order valence-corrected chi connectivity index (χ2v) is 4.69. The minimum absolute atomic E-state index is 0.141. The van der Waals surface area contributed by atoms with Gasteiger partial charge in [-0.3, -0.25) is 4.79 Å². The Bertz CT molecular complexity index is 496. The zero-order valence-electron chi connectivity index (χ0n) is 10.6. The molecule has 1 aliphatic rings. The summed E-state index contributed by atoms with van der Waals surface area (Å²) in [5, 5.41) is 5.66. The average molecular weight is 290 g/mol. The minimum Gasteiger partial charge on any atom is -0.349 e. The molecule has 0 radical (unpaired) electrons. The van der Waals surface area contributed by atoms with Gasteiger partial charge in [0.15, 0.2) is 0 Å². The molecular weight excluding hydrogens is 276 g/mol. The number of rotatable bonds is 2. The summed E-state index contributed by atoms with van der Waals surface area (Å²) < 4.78 is 51.2. The van der Waals surface area contributed by atoms with E-state index in [-0.39, 0.29) is 6.04 Å². The van der Waals surface area contributed by atoms with Gasteiger partial charge in [0.1, 0.15) is 5.82 Å². The summed E-state index contributed by atoms with van der Waals surface area (Å²) in [7, 11) is 0. The van der Waals surface area contributed by atoms with Crippen molar-refractivity contribution in [1.29, 1.82) is 0 Å². The van der Waals surface area contributed by atoms with Crippen molar-refractivity contribution in [1.82, 2.24) is 10.6 Å². The Morgan fingerprint density at radius 1 is 1.25 bits per heavy atom. The van der Waals surface area contributed by atoms with Crippen LogP contribution >= 0.6 is 0 Å². The quantitative estimate of drug-likeness (QED) is 0.821. The van der Waals surface area contributed by atoms with E-state index in [0.29, 0.717) is 31.0 Å². The molecule has 1 saturated heterocycles. The summed E-state index contributed by atoms with van der Waals surface area (Å²) in [4.78, 5) is 11.9. The fraction of sp³-hybridized carbons (Fsp3) is 0.462. The Balaban J connectivity index is 2.16. The number of hydrogen-bond donors (Lipinski definition) is 2. The van der Waals surface area contributed by atoms with Crippen LogP contribution in [0.5, 0.6) is 0 Å². The van der Waals surface area contributed by atoms with Gasteiger partial charge in [-0.05, 0) is 44.1 Å². The number of amides is 1. The highest BCUT2D eigenvalue weighted by Crippen LogP contribution is 2.30. The van der Waals surface area contributed by atoms with Crippen LogP contribution in [0, 0.1) is 5.82 Å². The van der Waals surface area contributed by atoms with Crippen molar-refractivity contribution in [3.8, 4) is 0 Å².